The SMILES string of the molecule is COC(C(O)CO)C(O)C(O)CNC(=O)Nc1ccc(S(=O)(=O)[O-])c2cc(S(=O)(=O)[O-])c(N=Nc3ccc(N=Nc4ccc(S(=O)(=O)[O-])cc4)c4ccc(SOO[O-])cc34)c(O)c12.[Na+].[Na+].[Na+].[Na+]. The molecule has 0 heterocycles. The van der Waals surface area contributed by atoms with E-state index in [-0.39, 0.29) is 151 Å². The number of rotatable bonds is 18. The standard InChI is InChI=1S/C34H34N6O19S4.4Na/c1-57-33(26(43)15-41)31(44)25(42)14-35-34(46)36-24-10-11-27(62(51,52)53)21-13-28(63(54,55)56)30(32(45)29(21)24)40-39-23-9-8-22(19-7-4-17(12-20(19)23)60-59-58-47)38-37-16-2-5-18(6-3-16)61(48,49)50;;;;/h2-13,25-26,31,33,41-45,47H,14-15H2,1H3,(H2,35,36,46)(H,48,49,50)(H,51,52,53)(H,54,55,56);;;;/q;4*+1/p-4. The van der Waals surface area contributed by atoms with Gasteiger partial charge in [-0.05, 0) is 66.7 Å². The van der Waals surface area contributed by atoms with Gasteiger partial charge in [0.1, 0.15) is 54.4 Å². The number of anilines is 1. The number of fused-ring (bicyclic) bond motifs is 2. The van der Waals surface area contributed by atoms with Crippen LogP contribution in [0.25, 0.3) is 21.5 Å². The summed E-state index contributed by atoms with van der Waals surface area (Å²) in [6.07, 6.45) is -6.81. The molecule has 0 spiro atoms. The molecule has 2 amide bonds. The van der Waals surface area contributed by atoms with Crippen LogP contribution in [0.3, 0.4) is 0 Å². The number of phenols is 1. The normalized spacial score (nSPS) is 13.7. The molecule has 0 aliphatic rings. The van der Waals surface area contributed by atoms with Gasteiger partial charge in [0.05, 0.1) is 67.6 Å². The van der Waals surface area contributed by atoms with Crippen molar-refractivity contribution in [2.24, 2.45) is 20.5 Å². The van der Waals surface area contributed by atoms with E-state index in [2.05, 4.69) is 40.5 Å². The number of aliphatic hydroxyl groups excluding tert-OH is 4. The molecule has 0 saturated heterocycles. The van der Waals surface area contributed by atoms with E-state index < -0.39 is 117 Å². The summed E-state index contributed by atoms with van der Waals surface area (Å²) in [7, 11) is -14.9. The van der Waals surface area contributed by atoms with E-state index in [1.807, 2.05) is 0 Å². The summed E-state index contributed by atoms with van der Waals surface area (Å²) in [5.41, 5.74) is -1.53. The summed E-state index contributed by atoms with van der Waals surface area (Å²) in [5.74, 6) is -1.29. The summed E-state index contributed by atoms with van der Waals surface area (Å²) >= 11 is 0.446. The maximum atomic E-state index is 13.0. The van der Waals surface area contributed by atoms with Crippen molar-refractivity contribution in [3.05, 3.63) is 72.8 Å². The predicted molar refractivity (Wildman–Crippen MR) is 209 cm³/mol. The first kappa shape index (κ1) is 63.7. The van der Waals surface area contributed by atoms with E-state index in [0.717, 1.165) is 25.3 Å². The number of aliphatic hydroxyl groups is 4. The van der Waals surface area contributed by atoms with Gasteiger partial charge in [0.15, 0.2) is 5.75 Å². The van der Waals surface area contributed by atoms with E-state index in [4.69, 9.17) is 4.74 Å². The second-order valence-corrected chi connectivity index (χ2v) is 17.6. The number of carbonyl (C=O) groups excluding carboxylic acids is 1. The fourth-order valence-corrected chi connectivity index (χ4v) is 8.01. The number of hydrogen-bond donors (Lipinski definition) is 7. The topological polar surface area (TPSA) is 414 Å². The van der Waals surface area contributed by atoms with Crippen LogP contribution in [0.2, 0.25) is 0 Å². The number of benzene rings is 5. The third-order valence-corrected chi connectivity index (χ3v) is 11.9. The Hall–Kier alpha value is -1.35. The molecule has 4 unspecified atom stereocenters. The Balaban J connectivity index is 0.00000561. The van der Waals surface area contributed by atoms with E-state index in [1.54, 1.807) is 0 Å². The number of urea groups is 1. The van der Waals surface area contributed by atoms with Gasteiger partial charge in [0, 0.05) is 34.7 Å². The average molecular weight is 1050 g/mol. The Kier molecular flexibility index (Phi) is 26.1. The second-order valence-electron chi connectivity index (χ2n) is 12.7. The first-order valence-corrected chi connectivity index (χ1v) is 22.1. The van der Waals surface area contributed by atoms with Gasteiger partial charge in [0.2, 0.25) is 0 Å². The molecular weight excluding hydrogens is 1020 g/mol. The number of nitrogens with one attached hydrogen (secondary N) is 2. The van der Waals surface area contributed by atoms with E-state index in [9.17, 15) is 74.5 Å². The monoisotopic (exact) mass is 1050 g/mol. The van der Waals surface area contributed by atoms with Crippen LogP contribution in [0.4, 0.5) is 33.2 Å². The molecule has 67 heavy (non-hydrogen) atoms. The van der Waals surface area contributed by atoms with Crippen LogP contribution in [0.5, 0.6) is 5.75 Å². The van der Waals surface area contributed by atoms with Crippen molar-refractivity contribution in [1.29, 1.82) is 0 Å². The first-order chi connectivity index (χ1) is 29.6. The minimum atomic E-state index is -5.70. The molecule has 0 saturated carbocycles. The maximum Gasteiger partial charge on any atom is 1.00 e. The van der Waals surface area contributed by atoms with Crippen LogP contribution in [-0.2, 0) is 44.5 Å². The van der Waals surface area contributed by atoms with Gasteiger partial charge in [-0.25, -0.2) is 30.0 Å². The van der Waals surface area contributed by atoms with Crippen molar-refractivity contribution in [2.45, 2.75) is 44.0 Å². The van der Waals surface area contributed by atoms with Crippen molar-refractivity contribution in [3.8, 4) is 5.75 Å². The number of azo groups is 2. The zero-order valence-electron chi connectivity index (χ0n) is 35.5. The summed E-state index contributed by atoms with van der Waals surface area (Å²) < 4.78 is 118. The predicted octanol–water partition coefficient (Wildman–Crippen LogP) is -10.3. The van der Waals surface area contributed by atoms with Gasteiger partial charge in [-0.2, -0.15) is 9.45 Å². The Morgan fingerprint density at radius 3 is 1.88 bits per heavy atom. The molecule has 0 bridgehead atoms. The third kappa shape index (κ3) is 16.3. The van der Waals surface area contributed by atoms with Gasteiger partial charge in [-0.15, -0.1) is 15.3 Å². The van der Waals surface area contributed by atoms with E-state index in [1.165, 1.54) is 42.5 Å². The number of ether oxygens (including phenoxy) is 1. The van der Waals surface area contributed by atoms with E-state index >= 15 is 0 Å². The molecule has 0 aromatic heterocycles. The number of aromatic hydroxyl groups is 1. The molecule has 5 aromatic carbocycles. The molecule has 0 aliphatic carbocycles. The van der Waals surface area contributed by atoms with Crippen LogP contribution < -0.4 is 134 Å². The van der Waals surface area contributed by atoms with E-state index in [0.29, 0.717) is 24.2 Å². The van der Waals surface area contributed by atoms with Crippen molar-refractivity contribution in [3.63, 3.8) is 0 Å². The first-order valence-electron chi connectivity index (χ1n) is 17.2. The number of hydrogen-bond acceptors (Lipinski definition) is 24. The summed E-state index contributed by atoms with van der Waals surface area (Å²) in [4.78, 5) is 10.2. The minimum Gasteiger partial charge on any atom is -0.744 e. The molecule has 33 heteroatoms. The molecule has 7 N–H and O–H groups in total. The zero-order chi connectivity index (χ0) is 46.4. The van der Waals surface area contributed by atoms with Crippen molar-refractivity contribution < 1.29 is 207 Å². The Morgan fingerprint density at radius 1 is 0.731 bits per heavy atom. The minimum absolute atomic E-state index is 0. The zero-order valence-corrected chi connectivity index (χ0v) is 46.8. The molecule has 0 radical (unpaired) electrons. The summed E-state index contributed by atoms with van der Waals surface area (Å²) in [6.45, 7) is -1.60. The van der Waals surface area contributed by atoms with Crippen molar-refractivity contribution >= 4 is 98.4 Å². The second kappa shape index (κ2) is 27.5. The van der Waals surface area contributed by atoms with Gasteiger partial charge < -0.3 is 59.8 Å². The molecule has 5 aromatic rings. The number of nitrogens with zero attached hydrogens (tertiary/aromatic N) is 4. The van der Waals surface area contributed by atoms with Crippen LogP contribution in [0, 0.1) is 0 Å². The molecule has 338 valence electrons. The molecule has 4 atom stereocenters. The number of methoxy groups -OCH3 is 1. The summed E-state index contributed by atoms with van der Waals surface area (Å²) in [6, 6.07) is 11.9. The smallest absolute Gasteiger partial charge is 0.744 e. The van der Waals surface area contributed by atoms with Crippen LogP contribution in [-0.4, -0.2) is 115 Å². The van der Waals surface area contributed by atoms with Crippen molar-refractivity contribution in [1.82, 2.24) is 5.32 Å². The Morgan fingerprint density at radius 2 is 1.33 bits per heavy atom. The molecule has 5 rings (SSSR count). The van der Waals surface area contributed by atoms with Gasteiger partial charge >= 0.3 is 124 Å². The fourth-order valence-electron chi connectivity index (χ4n) is 5.84. The third-order valence-electron chi connectivity index (χ3n) is 8.76. The maximum absolute atomic E-state index is 13.0. The molecule has 0 aliphatic heterocycles. The van der Waals surface area contributed by atoms with Crippen LogP contribution in [0.1, 0.15) is 0 Å². The quantitative estimate of drug-likeness (QED) is 0.0107. The number of carbonyl (C=O) groups is 1. The largest absolute Gasteiger partial charge is 1.00 e. The summed E-state index contributed by atoms with van der Waals surface area (Å²) in [5, 5.41) is 84.3. The van der Waals surface area contributed by atoms with Gasteiger partial charge in [-0.1, -0.05) is 6.07 Å². The van der Waals surface area contributed by atoms with Crippen molar-refractivity contribution in [2.75, 3.05) is 25.6 Å². The van der Waals surface area contributed by atoms with Crippen LogP contribution in [0.15, 0.2) is 113 Å². The molecule has 25 nitrogen and oxygen atoms in total. The fraction of sp³-hybridized carbons (Fsp3) is 0.206. The number of phenolic OH excluding ortho intramolecular Hbond substituents is 1. The average Bonchev–Trinajstić information content (AvgIpc) is 3.22. The van der Waals surface area contributed by atoms with Gasteiger partial charge in [-0.3, -0.25) is 5.04 Å². The molecule has 0 fully saturated rings. The van der Waals surface area contributed by atoms with Gasteiger partial charge in [0.25, 0.3) is 0 Å². The Labute approximate surface area is 473 Å². The molecular formula is C34H30N6Na4O19S4. The van der Waals surface area contributed by atoms with Crippen LogP contribution >= 0.6 is 12.0 Å². The Bertz CT molecular complexity index is 2940. The number of amides is 2.